The van der Waals surface area contributed by atoms with Crippen LogP contribution in [-0.4, -0.2) is 59.8 Å². The Morgan fingerprint density at radius 1 is 1.29 bits per heavy atom. The molecule has 3 rings (SSSR count). The Balaban J connectivity index is 1.93. The van der Waals surface area contributed by atoms with Crippen molar-refractivity contribution in [1.82, 2.24) is 14.8 Å². The zero-order valence-corrected chi connectivity index (χ0v) is 13.8. The fourth-order valence-corrected chi connectivity index (χ4v) is 3.21. The van der Waals surface area contributed by atoms with Crippen LogP contribution in [0.5, 0.6) is 0 Å². The van der Waals surface area contributed by atoms with Gasteiger partial charge in [-0.2, -0.15) is 0 Å². The van der Waals surface area contributed by atoms with E-state index in [-0.39, 0.29) is 11.7 Å². The van der Waals surface area contributed by atoms with E-state index in [0.29, 0.717) is 42.8 Å². The van der Waals surface area contributed by atoms with E-state index in [1.807, 2.05) is 11.9 Å². The van der Waals surface area contributed by atoms with Crippen LogP contribution in [-0.2, 0) is 4.79 Å². The first kappa shape index (κ1) is 16.4. The average Bonchev–Trinajstić information content (AvgIpc) is 2.73. The van der Waals surface area contributed by atoms with Gasteiger partial charge in [0, 0.05) is 37.1 Å². The molecule has 0 saturated carbocycles. The third kappa shape index (κ3) is 2.99. The third-order valence-corrected chi connectivity index (χ3v) is 4.65. The summed E-state index contributed by atoms with van der Waals surface area (Å²) in [5.74, 6) is -1.33. The Morgan fingerprint density at radius 3 is 2.75 bits per heavy atom. The molecular formula is C17H21FN4O2. The van der Waals surface area contributed by atoms with Gasteiger partial charge in [0.2, 0.25) is 5.91 Å². The molecule has 1 fully saturated rings. The van der Waals surface area contributed by atoms with Crippen molar-refractivity contribution in [3.05, 3.63) is 35.3 Å². The molecule has 1 aromatic heterocycles. The number of primary amides is 1. The van der Waals surface area contributed by atoms with Gasteiger partial charge in [-0.1, -0.05) is 0 Å². The van der Waals surface area contributed by atoms with Gasteiger partial charge in [-0.25, -0.2) is 4.39 Å². The Kier molecular flexibility index (Phi) is 4.28. The maximum absolute atomic E-state index is 13.5. The molecule has 0 unspecified atom stereocenters. The van der Waals surface area contributed by atoms with Gasteiger partial charge >= 0.3 is 0 Å². The number of likely N-dealkylation sites (N-methyl/N-ethyl adjacent to an activating group) is 1. The summed E-state index contributed by atoms with van der Waals surface area (Å²) in [6, 6.07) is 4.40. The first-order valence-corrected chi connectivity index (χ1v) is 7.91. The summed E-state index contributed by atoms with van der Waals surface area (Å²) in [7, 11) is 1.90. The number of hydrogen-bond acceptors (Lipinski definition) is 3. The molecule has 0 bridgehead atoms. The minimum atomic E-state index is -0.406. The predicted octanol–water partition coefficient (Wildman–Crippen LogP) is 1.10. The van der Waals surface area contributed by atoms with Crippen molar-refractivity contribution in [2.24, 2.45) is 11.7 Å². The molecule has 2 amide bonds. The normalized spacial score (nSPS) is 19.5. The van der Waals surface area contributed by atoms with Gasteiger partial charge in [-0.15, -0.1) is 0 Å². The van der Waals surface area contributed by atoms with Gasteiger partial charge in [-0.05, 0) is 37.7 Å². The number of aryl methyl sites for hydroxylation is 1. The molecule has 1 aromatic carbocycles. The molecule has 2 heterocycles. The molecule has 128 valence electrons. The van der Waals surface area contributed by atoms with Crippen LogP contribution in [0.1, 0.15) is 16.1 Å². The van der Waals surface area contributed by atoms with Crippen molar-refractivity contribution < 1.29 is 14.0 Å². The second kappa shape index (κ2) is 6.24. The lowest BCUT2D eigenvalue weighted by atomic mass is 10.1. The van der Waals surface area contributed by atoms with Crippen LogP contribution in [0, 0.1) is 18.7 Å². The fourth-order valence-electron chi connectivity index (χ4n) is 3.21. The molecule has 7 heteroatoms. The van der Waals surface area contributed by atoms with Crippen LogP contribution < -0.4 is 5.73 Å². The Labute approximate surface area is 139 Å². The van der Waals surface area contributed by atoms with Crippen LogP contribution in [0.25, 0.3) is 10.9 Å². The number of hydrogen-bond donors (Lipinski definition) is 2. The summed E-state index contributed by atoms with van der Waals surface area (Å²) in [6.45, 7) is 3.81. The van der Waals surface area contributed by atoms with Gasteiger partial charge in [0.1, 0.15) is 11.5 Å². The first-order valence-electron chi connectivity index (χ1n) is 7.91. The Bertz CT molecular complexity index is 801. The summed E-state index contributed by atoms with van der Waals surface area (Å²) in [6.07, 6.45) is 0. The number of benzene rings is 1. The average molecular weight is 332 g/mol. The summed E-state index contributed by atoms with van der Waals surface area (Å²) in [5.41, 5.74) is 7.32. The number of H-pyrrole nitrogens is 1. The largest absolute Gasteiger partial charge is 0.369 e. The van der Waals surface area contributed by atoms with Gasteiger partial charge in [-0.3, -0.25) is 9.59 Å². The predicted molar refractivity (Wildman–Crippen MR) is 89.1 cm³/mol. The van der Waals surface area contributed by atoms with Gasteiger partial charge in [0.05, 0.1) is 5.92 Å². The minimum absolute atomic E-state index is 0.189. The van der Waals surface area contributed by atoms with Gasteiger partial charge in [0.15, 0.2) is 0 Å². The quantitative estimate of drug-likeness (QED) is 0.864. The molecule has 1 atom stereocenters. The number of nitrogens with two attached hydrogens (primary N) is 1. The Hall–Kier alpha value is -2.41. The minimum Gasteiger partial charge on any atom is -0.369 e. The van der Waals surface area contributed by atoms with E-state index >= 15 is 0 Å². The third-order valence-electron chi connectivity index (χ3n) is 4.65. The van der Waals surface area contributed by atoms with E-state index in [4.69, 9.17) is 5.73 Å². The number of amides is 2. The summed E-state index contributed by atoms with van der Waals surface area (Å²) in [5, 5.41) is 0.691. The maximum atomic E-state index is 13.5. The number of rotatable bonds is 2. The highest BCUT2D eigenvalue weighted by molar-refractivity contribution is 6.01. The highest BCUT2D eigenvalue weighted by Gasteiger charge is 2.29. The number of nitrogens with one attached hydrogen (secondary N) is 1. The van der Waals surface area contributed by atoms with E-state index in [1.54, 1.807) is 17.9 Å². The molecule has 1 aliphatic rings. The molecule has 0 spiro atoms. The number of aromatic amines is 1. The van der Waals surface area contributed by atoms with E-state index in [0.717, 1.165) is 5.52 Å². The first-order chi connectivity index (χ1) is 11.4. The Morgan fingerprint density at radius 2 is 2.04 bits per heavy atom. The van der Waals surface area contributed by atoms with Crippen molar-refractivity contribution >= 4 is 22.7 Å². The molecule has 1 saturated heterocycles. The smallest absolute Gasteiger partial charge is 0.270 e. The zero-order valence-electron chi connectivity index (χ0n) is 13.8. The summed E-state index contributed by atoms with van der Waals surface area (Å²) >= 11 is 0. The topological polar surface area (TPSA) is 82.4 Å². The highest BCUT2D eigenvalue weighted by Crippen LogP contribution is 2.24. The monoisotopic (exact) mass is 332 g/mol. The number of carbonyl (C=O) groups is 2. The van der Waals surface area contributed by atoms with E-state index in [2.05, 4.69) is 4.98 Å². The van der Waals surface area contributed by atoms with Crippen molar-refractivity contribution in [3.8, 4) is 0 Å². The summed E-state index contributed by atoms with van der Waals surface area (Å²) in [4.78, 5) is 31.3. The van der Waals surface area contributed by atoms with Crippen molar-refractivity contribution in [1.29, 1.82) is 0 Å². The van der Waals surface area contributed by atoms with Crippen molar-refractivity contribution in [2.45, 2.75) is 6.92 Å². The standard InChI is InChI=1S/C17H21FN4O2/c1-10-13-7-12(18)3-4-14(13)20-15(10)17(24)22-6-5-21(2)8-11(9-22)16(19)23/h3-4,7,11,20H,5-6,8-9H2,1-2H3,(H2,19,23)/t11-/m0/s1. The van der Waals surface area contributed by atoms with Crippen LogP contribution in [0.2, 0.25) is 0 Å². The molecule has 0 aliphatic carbocycles. The van der Waals surface area contributed by atoms with E-state index in [1.165, 1.54) is 12.1 Å². The molecular weight excluding hydrogens is 311 g/mol. The van der Waals surface area contributed by atoms with E-state index < -0.39 is 11.8 Å². The van der Waals surface area contributed by atoms with Crippen LogP contribution in [0.4, 0.5) is 4.39 Å². The molecule has 24 heavy (non-hydrogen) atoms. The molecule has 6 nitrogen and oxygen atoms in total. The highest BCUT2D eigenvalue weighted by atomic mass is 19.1. The fraction of sp³-hybridized carbons (Fsp3) is 0.412. The van der Waals surface area contributed by atoms with Crippen LogP contribution in [0.3, 0.4) is 0 Å². The lowest BCUT2D eigenvalue weighted by Gasteiger charge is -2.22. The number of carbonyl (C=O) groups excluding carboxylic acids is 2. The van der Waals surface area contributed by atoms with Gasteiger partial charge < -0.3 is 20.5 Å². The molecule has 0 radical (unpaired) electrons. The van der Waals surface area contributed by atoms with E-state index in [9.17, 15) is 14.0 Å². The van der Waals surface area contributed by atoms with Crippen LogP contribution >= 0.6 is 0 Å². The molecule has 3 N–H and O–H groups in total. The lowest BCUT2D eigenvalue weighted by Crippen LogP contribution is -2.40. The summed E-state index contributed by atoms with van der Waals surface area (Å²) < 4.78 is 13.5. The molecule has 1 aliphatic heterocycles. The number of halogens is 1. The molecule has 2 aromatic rings. The number of aromatic nitrogens is 1. The second-order valence-corrected chi connectivity index (χ2v) is 6.43. The van der Waals surface area contributed by atoms with Crippen molar-refractivity contribution in [3.63, 3.8) is 0 Å². The number of fused-ring (bicyclic) bond motifs is 1. The lowest BCUT2D eigenvalue weighted by molar-refractivity contribution is -0.122. The van der Waals surface area contributed by atoms with Gasteiger partial charge in [0.25, 0.3) is 5.91 Å². The maximum Gasteiger partial charge on any atom is 0.270 e. The van der Waals surface area contributed by atoms with Crippen molar-refractivity contribution in [2.75, 3.05) is 33.2 Å². The SMILES string of the molecule is Cc1c(C(=O)N2CCN(C)C[C@H](C(N)=O)C2)[nH]c2ccc(F)cc12. The number of nitrogens with zero attached hydrogens (tertiary/aromatic N) is 2. The zero-order chi connectivity index (χ0) is 17.4. The second-order valence-electron chi connectivity index (χ2n) is 6.43. The van der Waals surface area contributed by atoms with Crippen LogP contribution in [0.15, 0.2) is 18.2 Å².